The maximum Gasteiger partial charge on any atom is 0.341 e. The molecule has 4 aromatic rings. The monoisotopic (exact) mass is 629 g/mol. The van der Waals surface area contributed by atoms with E-state index in [0.29, 0.717) is 29.2 Å². The Labute approximate surface area is 263 Å². The number of nitrogens with zero attached hydrogens (tertiary/aromatic N) is 1. The fourth-order valence-electron chi connectivity index (χ4n) is 4.98. The second-order valence-corrected chi connectivity index (χ2v) is 12.2. The number of aromatic carboxylic acids is 1. The van der Waals surface area contributed by atoms with Crippen molar-refractivity contribution in [2.75, 3.05) is 29.5 Å². The number of hydrogen-bond acceptors (Lipinski definition) is 8. The predicted octanol–water partition coefficient (Wildman–Crippen LogP) is 6.16. The molecule has 0 aliphatic carbocycles. The Morgan fingerprint density at radius 3 is 2.45 bits per heavy atom. The quantitative estimate of drug-likeness (QED) is 0.133. The van der Waals surface area contributed by atoms with Crippen LogP contribution in [0, 0.1) is 0 Å². The standard InChI is InChI=1S/C33H31N3O6S2/c1-2-42-33(41)29-26-15-16-36(18-21-9-4-3-5-10-21)19-27(26)44-31(29)35-28(37)20-43-23-12-8-11-22(17-23)34-30(38)24-13-6-7-14-25(24)32(39)40/h3-14,17H,2,15-16,18-20H2,1H3,(H,34,38)(H,35,37)(H,39,40). The minimum atomic E-state index is -1.19. The first kappa shape index (κ1) is 31.0. The molecule has 0 saturated carbocycles. The second kappa shape index (κ2) is 14.3. The smallest absolute Gasteiger partial charge is 0.341 e. The zero-order valence-corrected chi connectivity index (χ0v) is 25.6. The highest BCUT2D eigenvalue weighted by molar-refractivity contribution is 8.00. The van der Waals surface area contributed by atoms with Crippen molar-refractivity contribution in [1.82, 2.24) is 4.90 Å². The summed E-state index contributed by atoms with van der Waals surface area (Å²) < 4.78 is 5.35. The van der Waals surface area contributed by atoms with Gasteiger partial charge in [0.2, 0.25) is 5.91 Å². The van der Waals surface area contributed by atoms with Gasteiger partial charge in [-0.15, -0.1) is 23.1 Å². The molecule has 5 rings (SSSR count). The van der Waals surface area contributed by atoms with Crippen LogP contribution in [-0.2, 0) is 29.0 Å². The van der Waals surface area contributed by atoms with Crippen molar-refractivity contribution in [2.45, 2.75) is 31.3 Å². The maximum atomic E-state index is 13.1. The Morgan fingerprint density at radius 1 is 0.955 bits per heavy atom. The molecule has 2 amide bonds. The molecule has 1 aliphatic rings. The fourth-order valence-corrected chi connectivity index (χ4v) is 7.03. The lowest BCUT2D eigenvalue weighted by atomic mass is 10.0. The molecule has 11 heteroatoms. The van der Waals surface area contributed by atoms with Crippen LogP contribution in [0.1, 0.15) is 54.0 Å². The van der Waals surface area contributed by atoms with Crippen molar-refractivity contribution in [2.24, 2.45) is 0 Å². The number of carboxylic acids is 1. The number of rotatable bonds is 11. The van der Waals surface area contributed by atoms with Gasteiger partial charge in [0.15, 0.2) is 0 Å². The molecule has 0 bridgehead atoms. The summed E-state index contributed by atoms with van der Waals surface area (Å²) in [4.78, 5) is 54.4. The molecule has 9 nitrogen and oxygen atoms in total. The summed E-state index contributed by atoms with van der Waals surface area (Å²) in [6.07, 6.45) is 0.687. The summed E-state index contributed by atoms with van der Waals surface area (Å²) in [5, 5.41) is 15.6. The largest absolute Gasteiger partial charge is 0.478 e. The van der Waals surface area contributed by atoms with Crippen molar-refractivity contribution in [3.63, 3.8) is 0 Å². The topological polar surface area (TPSA) is 125 Å². The molecule has 3 N–H and O–H groups in total. The molecule has 0 unspecified atom stereocenters. The number of benzene rings is 3. The average molecular weight is 630 g/mol. The van der Waals surface area contributed by atoms with E-state index in [-0.39, 0.29) is 29.4 Å². The highest BCUT2D eigenvalue weighted by Gasteiger charge is 2.29. The Balaban J connectivity index is 1.24. The number of ether oxygens (including phenoxy) is 1. The first-order valence-corrected chi connectivity index (χ1v) is 15.9. The van der Waals surface area contributed by atoms with Gasteiger partial charge in [0.05, 0.1) is 29.1 Å². The van der Waals surface area contributed by atoms with Crippen LogP contribution in [0.15, 0.2) is 83.8 Å². The van der Waals surface area contributed by atoms with Crippen LogP contribution in [0.2, 0.25) is 0 Å². The lowest BCUT2D eigenvalue weighted by molar-refractivity contribution is -0.113. The number of esters is 1. The van der Waals surface area contributed by atoms with Gasteiger partial charge < -0.3 is 20.5 Å². The molecule has 2 heterocycles. The van der Waals surface area contributed by atoms with E-state index in [1.165, 1.54) is 40.8 Å². The zero-order chi connectivity index (χ0) is 31.1. The molecular weight excluding hydrogens is 599 g/mol. The number of anilines is 2. The third-order valence-corrected chi connectivity index (χ3v) is 9.11. The third kappa shape index (κ3) is 7.54. The van der Waals surface area contributed by atoms with Crippen molar-refractivity contribution in [3.05, 3.63) is 112 Å². The highest BCUT2D eigenvalue weighted by atomic mass is 32.2. The van der Waals surface area contributed by atoms with E-state index in [9.17, 15) is 24.3 Å². The van der Waals surface area contributed by atoms with Crippen molar-refractivity contribution in [3.8, 4) is 0 Å². The molecule has 226 valence electrons. The Hall–Kier alpha value is -4.45. The fraction of sp³-hybridized carbons (Fsp3) is 0.212. The molecule has 1 aromatic heterocycles. The first-order valence-electron chi connectivity index (χ1n) is 14.1. The van der Waals surface area contributed by atoms with Crippen molar-refractivity contribution in [1.29, 1.82) is 0 Å². The van der Waals surface area contributed by atoms with E-state index in [0.717, 1.165) is 28.4 Å². The summed E-state index contributed by atoms with van der Waals surface area (Å²) >= 11 is 2.69. The number of carboxylic acid groups (broad SMARTS) is 1. The van der Waals surface area contributed by atoms with Crippen LogP contribution in [0.3, 0.4) is 0 Å². The second-order valence-electron chi connectivity index (χ2n) is 10.0. The number of thioether (sulfide) groups is 1. The predicted molar refractivity (Wildman–Crippen MR) is 172 cm³/mol. The Morgan fingerprint density at radius 2 is 1.70 bits per heavy atom. The molecule has 1 aliphatic heterocycles. The number of carbonyl (C=O) groups excluding carboxylic acids is 3. The number of thiophene rings is 1. The molecule has 3 aromatic carbocycles. The van der Waals surface area contributed by atoms with E-state index in [4.69, 9.17) is 4.74 Å². The van der Waals surface area contributed by atoms with Gasteiger partial charge in [0.25, 0.3) is 5.91 Å². The van der Waals surface area contributed by atoms with Gasteiger partial charge in [-0.25, -0.2) is 9.59 Å². The van der Waals surface area contributed by atoms with Crippen LogP contribution in [0.25, 0.3) is 0 Å². The zero-order valence-electron chi connectivity index (χ0n) is 24.0. The minimum Gasteiger partial charge on any atom is -0.478 e. The van der Waals surface area contributed by atoms with Crippen LogP contribution in [-0.4, -0.2) is 52.7 Å². The summed E-state index contributed by atoms with van der Waals surface area (Å²) in [5.74, 6) is -2.36. The van der Waals surface area contributed by atoms with Gasteiger partial charge in [0.1, 0.15) is 5.00 Å². The SMILES string of the molecule is CCOC(=O)c1c(NC(=O)CSc2cccc(NC(=O)c3ccccc3C(=O)O)c2)sc2c1CCN(Cc1ccccc1)C2. The normalized spacial score (nSPS) is 12.7. The summed E-state index contributed by atoms with van der Waals surface area (Å²) in [6.45, 7) is 4.28. The molecule has 0 atom stereocenters. The maximum absolute atomic E-state index is 13.1. The minimum absolute atomic E-state index is 0.0525. The van der Waals surface area contributed by atoms with Gasteiger partial charge in [-0.2, -0.15) is 0 Å². The van der Waals surface area contributed by atoms with Crippen LogP contribution >= 0.6 is 23.1 Å². The van der Waals surface area contributed by atoms with E-state index in [2.05, 4.69) is 27.7 Å². The van der Waals surface area contributed by atoms with Gasteiger partial charge in [-0.1, -0.05) is 48.5 Å². The van der Waals surface area contributed by atoms with Gasteiger partial charge in [0, 0.05) is 35.1 Å². The van der Waals surface area contributed by atoms with Crippen LogP contribution in [0.4, 0.5) is 10.7 Å². The Kier molecular flexibility index (Phi) is 10.1. The van der Waals surface area contributed by atoms with E-state index < -0.39 is 17.8 Å². The molecular formula is C33H31N3O6S2. The number of amides is 2. The van der Waals surface area contributed by atoms with E-state index in [1.807, 2.05) is 24.3 Å². The van der Waals surface area contributed by atoms with E-state index in [1.54, 1.807) is 37.3 Å². The van der Waals surface area contributed by atoms with Gasteiger partial charge in [-0.3, -0.25) is 14.5 Å². The van der Waals surface area contributed by atoms with Gasteiger partial charge >= 0.3 is 11.9 Å². The van der Waals surface area contributed by atoms with Gasteiger partial charge in [-0.05, 0) is 54.8 Å². The first-order chi connectivity index (χ1) is 21.3. The Bertz CT molecular complexity index is 1690. The summed E-state index contributed by atoms with van der Waals surface area (Å²) in [5.41, 5.74) is 3.03. The summed E-state index contributed by atoms with van der Waals surface area (Å²) in [6, 6.07) is 23.2. The average Bonchev–Trinajstić information content (AvgIpc) is 3.37. The molecule has 0 saturated heterocycles. The van der Waals surface area contributed by atoms with Crippen molar-refractivity contribution >= 4 is 57.5 Å². The molecule has 0 radical (unpaired) electrons. The molecule has 44 heavy (non-hydrogen) atoms. The number of nitrogens with one attached hydrogen (secondary N) is 2. The summed E-state index contributed by atoms with van der Waals surface area (Å²) in [7, 11) is 0. The molecule has 0 spiro atoms. The third-order valence-electron chi connectivity index (χ3n) is 6.98. The lowest BCUT2D eigenvalue weighted by Gasteiger charge is -2.27. The number of fused-ring (bicyclic) bond motifs is 1. The van der Waals surface area contributed by atoms with Crippen LogP contribution in [0.5, 0.6) is 0 Å². The van der Waals surface area contributed by atoms with E-state index >= 15 is 0 Å². The highest BCUT2D eigenvalue weighted by Crippen LogP contribution is 2.38. The van der Waals surface area contributed by atoms with Crippen molar-refractivity contribution < 1.29 is 29.0 Å². The lowest BCUT2D eigenvalue weighted by Crippen LogP contribution is -2.30. The van der Waals surface area contributed by atoms with Crippen LogP contribution < -0.4 is 10.6 Å². The number of carbonyl (C=O) groups is 4. The number of hydrogen-bond donors (Lipinski definition) is 3. The molecule has 0 fully saturated rings.